The molecular weight excluding hydrogens is 387 g/mol. The number of benzene rings is 1. The van der Waals surface area contributed by atoms with Gasteiger partial charge in [-0.1, -0.05) is 0 Å². The maximum Gasteiger partial charge on any atom is 0.256 e. The Hall–Kier alpha value is -2.61. The summed E-state index contributed by atoms with van der Waals surface area (Å²) < 4.78 is 14.2. The van der Waals surface area contributed by atoms with Gasteiger partial charge in [0.05, 0.1) is 11.1 Å². The number of nitrogens with zero attached hydrogens (tertiary/aromatic N) is 2. The third-order valence-electron chi connectivity index (χ3n) is 4.87. The minimum Gasteiger partial charge on any atom is -0.360 e. The van der Waals surface area contributed by atoms with Crippen LogP contribution in [0.4, 0.5) is 4.39 Å². The van der Waals surface area contributed by atoms with Crippen LogP contribution in [0.2, 0.25) is 0 Å². The zero-order chi connectivity index (χ0) is 20.3. The molecule has 1 saturated heterocycles. The standard InChI is InChI=1S/C19H22ClFN4O3/c1-12(26)22-3-2-13-11-23-18-15(13)8-14(21)9-16(18)19(28)25-6-4-24(5-7-25)17(27)10-20/h8-9,11,23H,2-7,10H2,1H3,(H,22,26). The maximum absolute atomic E-state index is 14.2. The molecule has 9 heteroatoms. The van der Waals surface area contributed by atoms with Gasteiger partial charge in [-0.05, 0) is 24.1 Å². The number of carbonyl (C=O) groups excluding carboxylic acids is 3. The van der Waals surface area contributed by atoms with Crippen LogP contribution in [0.1, 0.15) is 22.8 Å². The van der Waals surface area contributed by atoms with E-state index in [1.807, 2.05) is 0 Å². The molecular formula is C19H22ClFN4O3. The summed E-state index contributed by atoms with van der Waals surface area (Å²) in [7, 11) is 0. The highest BCUT2D eigenvalue weighted by atomic mass is 35.5. The Bertz CT molecular complexity index is 906. The Labute approximate surface area is 166 Å². The zero-order valence-corrected chi connectivity index (χ0v) is 16.3. The summed E-state index contributed by atoms with van der Waals surface area (Å²) in [6.07, 6.45) is 2.26. The number of hydrogen-bond donors (Lipinski definition) is 2. The van der Waals surface area contributed by atoms with Crippen molar-refractivity contribution in [3.8, 4) is 0 Å². The van der Waals surface area contributed by atoms with Gasteiger partial charge < -0.3 is 20.1 Å². The van der Waals surface area contributed by atoms with Crippen molar-refractivity contribution in [1.82, 2.24) is 20.1 Å². The number of amides is 3. The predicted molar refractivity (Wildman–Crippen MR) is 104 cm³/mol. The lowest BCUT2D eigenvalue weighted by Crippen LogP contribution is -2.51. The van der Waals surface area contributed by atoms with E-state index in [-0.39, 0.29) is 29.2 Å². The Morgan fingerprint density at radius 3 is 2.50 bits per heavy atom. The molecule has 28 heavy (non-hydrogen) atoms. The Morgan fingerprint density at radius 1 is 1.18 bits per heavy atom. The zero-order valence-electron chi connectivity index (χ0n) is 15.6. The minimum atomic E-state index is -0.493. The summed E-state index contributed by atoms with van der Waals surface area (Å²) in [5, 5.41) is 3.34. The molecule has 2 aromatic rings. The second-order valence-corrected chi connectivity index (χ2v) is 7.00. The first-order valence-electron chi connectivity index (χ1n) is 9.07. The van der Waals surface area contributed by atoms with E-state index in [0.717, 1.165) is 5.56 Å². The second-order valence-electron chi connectivity index (χ2n) is 6.73. The van der Waals surface area contributed by atoms with Crippen LogP contribution in [-0.2, 0) is 16.0 Å². The molecule has 0 bridgehead atoms. The van der Waals surface area contributed by atoms with E-state index in [1.165, 1.54) is 19.1 Å². The van der Waals surface area contributed by atoms with Crippen molar-refractivity contribution >= 4 is 40.2 Å². The van der Waals surface area contributed by atoms with E-state index in [4.69, 9.17) is 11.6 Å². The molecule has 1 aliphatic heterocycles. The maximum atomic E-state index is 14.2. The lowest BCUT2D eigenvalue weighted by molar-refractivity contribution is -0.129. The molecule has 0 unspecified atom stereocenters. The fourth-order valence-electron chi connectivity index (χ4n) is 3.42. The van der Waals surface area contributed by atoms with Gasteiger partial charge in [-0.15, -0.1) is 11.6 Å². The van der Waals surface area contributed by atoms with Gasteiger partial charge in [0.15, 0.2) is 0 Å². The van der Waals surface area contributed by atoms with E-state index < -0.39 is 5.82 Å². The normalized spacial score (nSPS) is 14.4. The number of alkyl halides is 1. The molecule has 150 valence electrons. The van der Waals surface area contributed by atoms with Crippen molar-refractivity contribution in [2.45, 2.75) is 13.3 Å². The molecule has 1 aliphatic rings. The number of hydrogen-bond acceptors (Lipinski definition) is 3. The number of H-pyrrole nitrogens is 1. The SMILES string of the molecule is CC(=O)NCCc1c[nH]c2c(C(=O)N3CCN(C(=O)CCl)CC3)cc(F)cc12. The van der Waals surface area contributed by atoms with E-state index in [2.05, 4.69) is 10.3 Å². The molecule has 1 aromatic heterocycles. The average Bonchev–Trinajstić information content (AvgIpc) is 3.08. The molecule has 7 nitrogen and oxygen atoms in total. The van der Waals surface area contributed by atoms with Crippen LogP contribution in [0.25, 0.3) is 10.9 Å². The first kappa shape index (κ1) is 20.1. The second kappa shape index (κ2) is 8.60. The summed E-state index contributed by atoms with van der Waals surface area (Å²) in [5.41, 5.74) is 1.66. The van der Waals surface area contributed by atoms with Crippen LogP contribution in [0.3, 0.4) is 0 Å². The molecule has 0 aliphatic carbocycles. The molecule has 0 atom stereocenters. The largest absolute Gasteiger partial charge is 0.360 e. The van der Waals surface area contributed by atoms with Gasteiger partial charge in [0, 0.05) is 51.2 Å². The van der Waals surface area contributed by atoms with Crippen LogP contribution in [0.5, 0.6) is 0 Å². The Morgan fingerprint density at radius 2 is 1.86 bits per heavy atom. The average molecular weight is 409 g/mol. The van der Waals surface area contributed by atoms with Crippen LogP contribution in [0.15, 0.2) is 18.3 Å². The molecule has 2 N–H and O–H groups in total. The van der Waals surface area contributed by atoms with E-state index in [1.54, 1.807) is 16.0 Å². The fraction of sp³-hybridized carbons (Fsp3) is 0.421. The Balaban J connectivity index is 1.79. The molecule has 0 radical (unpaired) electrons. The molecule has 0 saturated carbocycles. The Kier molecular flexibility index (Phi) is 6.18. The van der Waals surface area contributed by atoms with Gasteiger partial charge in [-0.3, -0.25) is 14.4 Å². The monoisotopic (exact) mass is 408 g/mol. The van der Waals surface area contributed by atoms with Gasteiger partial charge in [0.2, 0.25) is 11.8 Å². The summed E-state index contributed by atoms with van der Waals surface area (Å²) in [4.78, 5) is 42.0. The number of halogens is 2. The van der Waals surface area contributed by atoms with Crippen LogP contribution in [0, 0.1) is 5.82 Å². The molecule has 3 rings (SSSR count). The summed E-state index contributed by atoms with van der Waals surface area (Å²) >= 11 is 5.58. The van der Waals surface area contributed by atoms with Crippen molar-refractivity contribution in [3.63, 3.8) is 0 Å². The molecule has 0 spiro atoms. The highest BCUT2D eigenvalue weighted by molar-refractivity contribution is 6.27. The number of rotatable bonds is 5. The lowest BCUT2D eigenvalue weighted by Gasteiger charge is -2.34. The topological polar surface area (TPSA) is 85.5 Å². The number of nitrogens with one attached hydrogen (secondary N) is 2. The van der Waals surface area contributed by atoms with E-state index in [9.17, 15) is 18.8 Å². The van der Waals surface area contributed by atoms with Crippen molar-refractivity contribution in [2.75, 3.05) is 38.6 Å². The van der Waals surface area contributed by atoms with E-state index >= 15 is 0 Å². The van der Waals surface area contributed by atoms with Gasteiger partial charge in [0.1, 0.15) is 11.7 Å². The number of piperazine rings is 1. The van der Waals surface area contributed by atoms with Crippen molar-refractivity contribution < 1.29 is 18.8 Å². The first-order chi connectivity index (χ1) is 13.4. The van der Waals surface area contributed by atoms with Crippen molar-refractivity contribution in [3.05, 3.63) is 35.3 Å². The van der Waals surface area contributed by atoms with E-state index in [0.29, 0.717) is 50.0 Å². The van der Waals surface area contributed by atoms with Crippen LogP contribution in [-0.4, -0.2) is 71.1 Å². The molecule has 1 aromatic carbocycles. The number of carbonyl (C=O) groups is 3. The number of aromatic nitrogens is 1. The lowest BCUT2D eigenvalue weighted by atomic mass is 10.1. The smallest absolute Gasteiger partial charge is 0.256 e. The van der Waals surface area contributed by atoms with Crippen molar-refractivity contribution in [1.29, 1.82) is 0 Å². The van der Waals surface area contributed by atoms with Gasteiger partial charge in [-0.25, -0.2) is 4.39 Å². The van der Waals surface area contributed by atoms with Crippen LogP contribution >= 0.6 is 11.6 Å². The predicted octanol–water partition coefficient (Wildman–Crippen LogP) is 1.51. The third kappa shape index (κ3) is 4.27. The van der Waals surface area contributed by atoms with Crippen LogP contribution < -0.4 is 5.32 Å². The highest BCUT2D eigenvalue weighted by Gasteiger charge is 2.26. The third-order valence-corrected chi connectivity index (χ3v) is 5.10. The quantitative estimate of drug-likeness (QED) is 0.735. The highest BCUT2D eigenvalue weighted by Crippen LogP contribution is 2.25. The number of aromatic amines is 1. The molecule has 3 amide bonds. The van der Waals surface area contributed by atoms with Gasteiger partial charge in [0.25, 0.3) is 5.91 Å². The molecule has 2 heterocycles. The summed E-state index contributed by atoms with van der Waals surface area (Å²) in [6.45, 7) is 3.42. The first-order valence-corrected chi connectivity index (χ1v) is 9.61. The van der Waals surface area contributed by atoms with Gasteiger partial charge in [-0.2, -0.15) is 0 Å². The summed E-state index contributed by atoms with van der Waals surface area (Å²) in [6, 6.07) is 2.62. The fourth-order valence-corrected chi connectivity index (χ4v) is 3.58. The van der Waals surface area contributed by atoms with Gasteiger partial charge >= 0.3 is 0 Å². The minimum absolute atomic E-state index is 0.0811. The number of fused-ring (bicyclic) bond motifs is 1. The van der Waals surface area contributed by atoms with Crippen molar-refractivity contribution in [2.24, 2.45) is 0 Å². The molecule has 1 fully saturated rings. The summed E-state index contributed by atoms with van der Waals surface area (Å²) in [5.74, 6) is -1.14.